The fourth-order valence-electron chi connectivity index (χ4n) is 4.17. The molecular formula is C26H38N6O10. The van der Waals surface area contributed by atoms with Gasteiger partial charge in [-0.25, -0.2) is 9.59 Å². The maximum Gasteiger partial charge on any atom is 0.351 e. The van der Waals surface area contributed by atoms with Crippen LogP contribution in [0, 0.1) is 0 Å². The Morgan fingerprint density at radius 3 is 1.98 bits per heavy atom. The van der Waals surface area contributed by atoms with E-state index in [4.69, 9.17) is 49.7 Å². The van der Waals surface area contributed by atoms with Crippen LogP contribution >= 0.6 is 0 Å². The number of rotatable bonds is 6. The van der Waals surface area contributed by atoms with Crippen LogP contribution < -0.4 is 22.8 Å². The van der Waals surface area contributed by atoms with Gasteiger partial charge < -0.3 is 49.7 Å². The van der Waals surface area contributed by atoms with Gasteiger partial charge in [-0.1, -0.05) is 0 Å². The SMILES string of the molecule is C1=COCCC1.Nc1ccn([C@@H]2CO[C@H](CO)O2)c(=O)n1.Nc1ccn([C@@H]2CO[C@H](COC3CCCCO3)O2)c(=O)n1. The minimum absolute atomic E-state index is 0.161. The second-order valence-corrected chi connectivity index (χ2v) is 9.49. The van der Waals surface area contributed by atoms with E-state index in [1.54, 1.807) is 18.5 Å². The summed E-state index contributed by atoms with van der Waals surface area (Å²) in [6.45, 7) is 2.15. The largest absolute Gasteiger partial charge is 0.502 e. The van der Waals surface area contributed by atoms with Gasteiger partial charge in [0.25, 0.3) is 0 Å². The van der Waals surface area contributed by atoms with Gasteiger partial charge >= 0.3 is 11.4 Å². The van der Waals surface area contributed by atoms with Crippen molar-refractivity contribution < 1.29 is 38.3 Å². The second kappa shape index (κ2) is 16.3. The second-order valence-electron chi connectivity index (χ2n) is 9.49. The number of nitrogens with zero attached hydrogens (tertiary/aromatic N) is 4. The molecule has 1 unspecified atom stereocenters. The number of ether oxygens (including phenoxy) is 7. The van der Waals surface area contributed by atoms with Crippen LogP contribution in [-0.2, 0) is 33.2 Å². The van der Waals surface area contributed by atoms with E-state index in [9.17, 15) is 9.59 Å². The van der Waals surface area contributed by atoms with Crippen LogP contribution in [0.1, 0.15) is 44.6 Å². The molecule has 6 rings (SSSR count). The maximum atomic E-state index is 11.7. The molecule has 4 aliphatic heterocycles. The van der Waals surface area contributed by atoms with Gasteiger partial charge in [-0.2, -0.15) is 9.97 Å². The van der Waals surface area contributed by atoms with Gasteiger partial charge in [0, 0.05) is 19.0 Å². The van der Waals surface area contributed by atoms with Crippen molar-refractivity contribution in [3.05, 3.63) is 57.8 Å². The van der Waals surface area contributed by atoms with Crippen molar-refractivity contribution in [2.45, 2.75) is 63.4 Å². The van der Waals surface area contributed by atoms with Crippen molar-refractivity contribution in [1.82, 2.24) is 19.1 Å². The quantitative estimate of drug-likeness (QED) is 0.410. The number of nitrogens with two attached hydrogens (primary N) is 2. The molecule has 0 aromatic carbocycles. The van der Waals surface area contributed by atoms with Crippen molar-refractivity contribution >= 4 is 11.6 Å². The number of nitrogen functional groups attached to an aromatic ring is 2. The maximum absolute atomic E-state index is 11.7. The van der Waals surface area contributed by atoms with Gasteiger partial charge in [0.1, 0.15) is 18.2 Å². The summed E-state index contributed by atoms with van der Waals surface area (Å²) < 4.78 is 40.0. The lowest BCUT2D eigenvalue weighted by molar-refractivity contribution is -0.204. The zero-order valence-electron chi connectivity index (χ0n) is 23.2. The van der Waals surface area contributed by atoms with Crippen molar-refractivity contribution in [3.8, 4) is 0 Å². The molecule has 0 radical (unpaired) electrons. The highest BCUT2D eigenvalue weighted by atomic mass is 16.8. The lowest BCUT2D eigenvalue weighted by atomic mass is 10.2. The predicted octanol–water partition coefficient (Wildman–Crippen LogP) is 0.240. The fraction of sp³-hybridized carbons (Fsp3) is 0.615. The molecule has 0 saturated carbocycles. The molecule has 3 saturated heterocycles. The molecule has 2 aromatic rings. The number of aromatic nitrogens is 4. The first-order chi connectivity index (χ1) is 20.4. The van der Waals surface area contributed by atoms with Gasteiger partial charge in [0.15, 0.2) is 31.3 Å². The molecule has 3 fully saturated rings. The number of hydrogen-bond acceptors (Lipinski definition) is 14. The van der Waals surface area contributed by atoms with Crippen LogP contribution in [0.15, 0.2) is 46.5 Å². The Kier molecular flexibility index (Phi) is 12.3. The summed E-state index contributed by atoms with van der Waals surface area (Å²) in [6, 6.07) is 3.04. The summed E-state index contributed by atoms with van der Waals surface area (Å²) in [5.74, 6) is 0.346. The van der Waals surface area contributed by atoms with Crippen LogP contribution in [0.4, 0.5) is 11.6 Å². The molecule has 5 N–H and O–H groups in total. The molecule has 16 nitrogen and oxygen atoms in total. The van der Waals surface area contributed by atoms with Crippen LogP contribution in [0.25, 0.3) is 0 Å². The zero-order chi connectivity index (χ0) is 29.7. The zero-order valence-corrected chi connectivity index (χ0v) is 23.2. The van der Waals surface area contributed by atoms with Crippen molar-refractivity contribution in [2.75, 3.05) is 51.1 Å². The summed E-state index contributed by atoms with van der Waals surface area (Å²) in [5.41, 5.74) is 9.84. The smallest absolute Gasteiger partial charge is 0.351 e. The summed E-state index contributed by atoms with van der Waals surface area (Å²) in [4.78, 5) is 30.3. The van der Waals surface area contributed by atoms with E-state index < -0.39 is 36.4 Å². The minimum Gasteiger partial charge on any atom is -0.502 e. The number of allylic oxidation sites excluding steroid dienone is 1. The van der Waals surface area contributed by atoms with E-state index >= 15 is 0 Å². The molecule has 5 atom stereocenters. The number of aliphatic hydroxyl groups is 1. The summed E-state index contributed by atoms with van der Waals surface area (Å²) in [5, 5.41) is 8.77. The Morgan fingerprint density at radius 2 is 1.52 bits per heavy atom. The average Bonchev–Trinajstić information content (AvgIpc) is 3.68. The Labute approximate surface area is 241 Å². The molecule has 0 amide bonds. The van der Waals surface area contributed by atoms with Crippen LogP contribution in [-0.4, -0.2) is 82.7 Å². The molecule has 42 heavy (non-hydrogen) atoms. The van der Waals surface area contributed by atoms with Gasteiger partial charge in [0.2, 0.25) is 0 Å². The predicted molar refractivity (Wildman–Crippen MR) is 146 cm³/mol. The van der Waals surface area contributed by atoms with Gasteiger partial charge in [-0.3, -0.25) is 9.13 Å². The highest BCUT2D eigenvalue weighted by Crippen LogP contribution is 2.22. The molecule has 16 heteroatoms. The molecule has 2 aromatic heterocycles. The Morgan fingerprint density at radius 1 is 0.881 bits per heavy atom. The van der Waals surface area contributed by atoms with E-state index in [1.165, 1.54) is 34.2 Å². The molecule has 0 bridgehead atoms. The van der Waals surface area contributed by atoms with Gasteiger partial charge in [-0.15, -0.1) is 0 Å². The monoisotopic (exact) mass is 594 g/mol. The van der Waals surface area contributed by atoms with Crippen molar-refractivity contribution in [3.63, 3.8) is 0 Å². The van der Waals surface area contributed by atoms with Gasteiger partial charge in [-0.05, 0) is 50.3 Å². The van der Waals surface area contributed by atoms with E-state index in [0.29, 0.717) is 0 Å². The third kappa shape index (κ3) is 9.59. The normalized spacial score (nSPS) is 26.8. The van der Waals surface area contributed by atoms with Gasteiger partial charge in [0.05, 0.1) is 32.7 Å². The third-order valence-electron chi connectivity index (χ3n) is 6.32. The summed E-state index contributed by atoms with van der Waals surface area (Å²) >= 11 is 0. The number of hydrogen-bond donors (Lipinski definition) is 3. The topological polar surface area (TPSA) is 207 Å². The number of aliphatic hydroxyl groups excluding tert-OH is 1. The average molecular weight is 595 g/mol. The first-order valence-corrected chi connectivity index (χ1v) is 13.8. The number of anilines is 2. The van der Waals surface area contributed by atoms with E-state index in [1.807, 2.05) is 6.08 Å². The Balaban J connectivity index is 0.000000167. The Bertz CT molecular complexity index is 1240. The van der Waals surface area contributed by atoms with Crippen LogP contribution in [0.5, 0.6) is 0 Å². The van der Waals surface area contributed by atoms with Crippen LogP contribution in [0.2, 0.25) is 0 Å². The first kappa shape index (κ1) is 31.6. The molecular weight excluding hydrogens is 556 g/mol. The van der Waals surface area contributed by atoms with Crippen molar-refractivity contribution in [1.29, 1.82) is 0 Å². The lowest BCUT2D eigenvalue weighted by Crippen LogP contribution is -2.30. The highest BCUT2D eigenvalue weighted by molar-refractivity contribution is 5.24. The Hall–Kier alpha value is -3.38. The van der Waals surface area contributed by atoms with E-state index in [0.717, 1.165) is 32.5 Å². The van der Waals surface area contributed by atoms with E-state index in [-0.39, 0.29) is 44.4 Å². The standard InChI is InChI=1S/C13H19N3O5.C8H11N3O4.C5H8O/c14-9-4-5-16(13(17)15-9)10-7-19-12(21-10)8-20-11-3-1-2-6-18-11;9-5-1-2-11(8(13)10-5)6-4-14-7(3-12)15-6;1-2-4-6-5-3-1/h4-5,10-12H,1-3,6-8H2,(H2,14,15,17);1-2,6-7,12H,3-4H2,(H2,9,10,13);2,4H,1,3,5H2/t10-,11?,12-;6-,7-;/m00./s1. The molecule has 4 aliphatic rings. The molecule has 0 aliphatic carbocycles. The molecule has 6 heterocycles. The summed E-state index contributed by atoms with van der Waals surface area (Å²) in [7, 11) is 0. The third-order valence-corrected chi connectivity index (χ3v) is 6.32. The molecule has 232 valence electrons. The minimum atomic E-state index is -0.681. The lowest BCUT2D eigenvalue weighted by Gasteiger charge is -2.23. The first-order valence-electron chi connectivity index (χ1n) is 13.8. The summed E-state index contributed by atoms with van der Waals surface area (Å²) in [6.07, 6.45) is 9.85. The fourth-order valence-corrected chi connectivity index (χ4v) is 4.17. The van der Waals surface area contributed by atoms with E-state index in [2.05, 4.69) is 9.97 Å². The van der Waals surface area contributed by atoms with Crippen molar-refractivity contribution in [2.24, 2.45) is 0 Å². The molecule has 0 spiro atoms. The van der Waals surface area contributed by atoms with Crippen LogP contribution in [0.3, 0.4) is 0 Å². The highest BCUT2D eigenvalue weighted by Gasteiger charge is 2.30.